The predicted octanol–water partition coefficient (Wildman–Crippen LogP) is 1.72. The molecule has 2 aliphatic heterocycles. The molecule has 0 saturated carbocycles. The molecule has 0 bridgehead atoms. The molecular weight excluding hydrogens is 322 g/mol. The third-order valence-corrected chi connectivity index (χ3v) is 4.89. The molecule has 1 aromatic heterocycles. The van der Waals surface area contributed by atoms with Crippen molar-refractivity contribution in [1.82, 2.24) is 15.4 Å². The molecular formula is C18H25N3O4. The van der Waals surface area contributed by atoms with Gasteiger partial charge in [-0.05, 0) is 38.2 Å². The summed E-state index contributed by atoms with van der Waals surface area (Å²) < 4.78 is 10.7. The van der Waals surface area contributed by atoms with Gasteiger partial charge in [0.2, 0.25) is 5.91 Å². The summed E-state index contributed by atoms with van der Waals surface area (Å²) in [6.07, 6.45) is 3.96. The molecule has 1 unspecified atom stereocenters. The SMILES string of the molecule is C=CC(=O)N1CC(CC(C)NC(=O)c2cc(C3CCOCC3)on2)C1. The molecule has 3 heterocycles. The fourth-order valence-electron chi connectivity index (χ4n) is 3.46. The maximum atomic E-state index is 12.3. The van der Waals surface area contributed by atoms with E-state index in [9.17, 15) is 9.59 Å². The van der Waals surface area contributed by atoms with Gasteiger partial charge in [0.15, 0.2) is 5.69 Å². The molecule has 0 aliphatic carbocycles. The molecule has 136 valence electrons. The Morgan fingerprint density at radius 1 is 1.44 bits per heavy atom. The Balaban J connectivity index is 1.45. The number of amides is 2. The van der Waals surface area contributed by atoms with Crippen LogP contribution in [0.15, 0.2) is 23.2 Å². The normalized spacial score (nSPS) is 20.0. The van der Waals surface area contributed by atoms with Gasteiger partial charge in [-0.25, -0.2) is 0 Å². The van der Waals surface area contributed by atoms with Crippen molar-refractivity contribution in [1.29, 1.82) is 0 Å². The lowest BCUT2D eigenvalue weighted by Gasteiger charge is -2.39. The van der Waals surface area contributed by atoms with Crippen LogP contribution in [0.2, 0.25) is 0 Å². The average Bonchev–Trinajstić information content (AvgIpc) is 3.08. The molecule has 1 atom stereocenters. The Morgan fingerprint density at radius 2 is 2.16 bits per heavy atom. The zero-order chi connectivity index (χ0) is 17.8. The van der Waals surface area contributed by atoms with Crippen molar-refractivity contribution in [2.45, 2.75) is 38.1 Å². The molecule has 1 N–H and O–H groups in total. The van der Waals surface area contributed by atoms with Gasteiger partial charge in [0.1, 0.15) is 5.76 Å². The number of hydrogen-bond acceptors (Lipinski definition) is 5. The van der Waals surface area contributed by atoms with Crippen LogP contribution in [0.25, 0.3) is 0 Å². The highest BCUT2D eigenvalue weighted by Crippen LogP contribution is 2.27. The van der Waals surface area contributed by atoms with Crippen LogP contribution in [-0.4, -0.2) is 54.2 Å². The molecule has 7 nitrogen and oxygen atoms in total. The molecule has 3 rings (SSSR count). The van der Waals surface area contributed by atoms with Gasteiger partial charge >= 0.3 is 0 Å². The topological polar surface area (TPSA) is 84.7 Å². The molecule has 1 aromatic rings. The summed E-state index contributed by atoms with van der Waals surface area (Å²) in [6, 6.07) is 1.76. The van der Waals surface area contributed by atoms with Gasteiger partial charge in [0.05, 0.1) is 0 Å². The Kier molecular flexibility index (Phi) is 5.53. The summed E-state index contributed by atoms with van der Waals surface area (Å²) in [5.41, 5.74) is 0.324. The summed E-state index contributed by atoms with van der Waals surface area (Å²) in [5.74, 6) is 1.21. The van der Waals surface area contributed by atoms with Crippen molar-refractivity contribution < 1.29 is 18.8 Å². The van der Waals surface area contributed by atoms with Gasteiger partial charge in [0, 0.05) is 44.3 Å². The summed E-state index contributed by atoms with van der Waals surface area (Å²) in [7, 11) is 0. The second-order valence-corrected chi connectivity index (χ2v) is 6.92. The molecule has 2 fully saturated rings. The highest BCUT2D eigenvalue weighted by atomic mass is 16.5. The van der Waals surface area contributed by atoms with Gasteiger partial charge in [0.25, 0.3) is 5.91 Å². The van der Waals surface area contributed by atoms with E-state index in [1.807, 2.05) is 6.92 Å². The minimum absolute atomic E-state index is 0.0155. The van der Waals surface area contributed by atoms with E-state index in [2.05, 4.69) is 17.1 Å². The monoisotopic (exact) mass is 347 g/mol. The highest BCUT2D eigenvalue weighted by Gasteiger charge is 2.31. The van der Waals surface area contributed by atoms with E-state index >= 15 is 0 Å². The molecule has 2 aliphatic rings. The summed E-state index contributed by atoms with van der Waals surface area (Å²) in [4.78, 5) is 25.5. The molecule has 7 heteroatoms. The van der Waals surface area contributed by atoms with Crippen LogP contribution in [0.1, 0.15) is 48.4 Å². The van der Waals surface area contributed by atoms with Crippen molar-refractivity contribution in [3.8, 4) is 0 Å². The summed E-state index contributed by atoms with van der Waals surface area (Å²) in [5, 5.41) is 6.87. The predicted molar refractivity (Wildman–Crippen MR) is 91.1 cm³/mol. The van der Waals surface area contributed by atoms with E-state index in [1.165, 1.54) is 6.08 Å². The Hall–Kier alpha value is -2.15. The zero-order valence-corrected chi connectivity index (χ0v) is 14.6. The van der Waals surface area contributed by atoms with Gasteiger partial charge < -0.3 is 19.5 Å². The van der Waals surface area contributed by atoms with Crippen LogP contribution >= 0.6 is 0 Å². The van der Waals surface area contributed by atoms with Gasteiger partial charge in [-0.15, -0.1) is 0 Å². The number of aromatic nitrogens is 1. The third-order valence-electron chi connectivity index (χ3n) is 4.89. The zero-order valence-electron chi connectivity index (χ0n) is 14.6. The van der Waals surface area contributed by atoms with Gasteiger partial charge in [-0.3, -0.25) is 9.59 Å². The minimum Gasteiger partial charge on any atom is -0.381 e. The van der Waals surface area contributed by atoms with Crippen LogP contribution in [-0.2, 0) is 9.53 Å². The third kappa shape index (κ3) is 4.28. The van der Waals surface area contributed by atoms with Crippen molar-refractivity contribution in [2.75, 3.05) is 26.3 Å². The number of carbonyl (C=O) groups excluding carboxylic acids is 2. The largest absolute Gasteiger partial charge is 0.381 e. The standard InChI is InChI=1S/C18H25N3O4/c1-3-17(22)21-10-13(11-21)8-12(2)19-18(23)15-9-16(25-20-15)14-4-6-24-7-5-14/h3,9,12-14H,1,4-8,10-11H2,2H3,(H,19,23). The van der Waals surface area contributed by atoms with E-state index in [0.29, 0.717) is 11.6 Å². The highest BCUT2D eigenvalue weighted by molar-refractivity contribution is 5.92. The maximum absolute atomic E-state index is 12.3. The van der Waals surface area contributed by atoms with Crippen molar-refractivity contribution >= 4 is 11.8 Å². The number of ether oxygens (including phenoxy) is 1. The molecule has 0 aromatic carbocycles. The van der Waals surface area contributed by atoms with Crippen LogP contribution < -0.4 is 5.32 Å². The first-order chi connectivity index (χ1) is 12.1. The second kappa shape index (κ2) is 7.82. The Labute approximate surface area is 147 Å². The number of hydrogen-bond donors (Lipinski definition) is 1. The average molecular weight is 347 g/mol. The molecule has 0 spiro atoms. The first-order valence-electron chi connectivity index (χ1n) is 8.83. The van der Waals surface area contributed by atoms with Crippen LogP contribution in [0, 0.1) is 5.92 Å². The number of rotatable bonds is 6. The quantitative estimate of drug-likeness (QED) is 0.792. The lowest BCUT2D eigenvalue weighted by molar-refractivity contribution is -0.132. The molecule has 25 heavy (non-hydrogen) atoms. The van der Waals surface area contributed by atoms with Crippen molar-refractivity contribution in [2.24, 2.45) is 5.92 Å². The molecule has 2 amide bonds. The van der Waals surface area contributed by atoms with Crippen LogP contribution in [0.4, 0.5) is 0 Å². The van der Waals surface area contributed by atoms with Gasteiger partial charge in [-0.1, -0.05) is 11.7 Å². The number of nitrogens with one attached hydrogen (secondary N) is 1. The smallest absolute Gasteiger partial charge is 0.273 e. The van der Waals surface area contributed by atoms with E-state index in [1.54, 1.807) is 11.0 Å². The number of nitrogens with zero attached hydrogens (tertiary/aromatic N) is 2. The van der Waals surface area contributed by atoms with E-state index in [4.69, 9.17) is 9.26 Å². The fourth-order valence-corrected chi connectivity index (χ4v) is 3.46. The lowest BCUT2D eigenvalue weighted by atomic mass is 9.92. The fraction of sp³-hybridized carbons (Fsp3) is 0.611. The first kappa shape index (κ1) is 17.7. The number of carbonyl (C=O) groups is 2. The van der Waals surface area contributed by atoms with Crippen LogP contribution in [0.3, 0.4) is 0 Å². The minimum atomic E-state index is -0.215. The van der Waals surface area contributed by atoms with Crippen molar-refractivity contribution in [3.63, 3.8) is 0 Å². The Morgan fingerprint density at radius 3 is 2.84 bits per heavy atom. The van der Waals surface area contributed by atoms with E-state index in [0.717, 1.165) is 51.3 Å². The van der Waals surface area contributed by atoms with E-state index < -0.39 is 0 Å². The summed E-state index contributed by atoms with van der Waals surface area (Å²) >= 11 is 0. The molecule has 0 radical (unpaired) electrons. The van der Waals surface area contributed by atoms with Gasteiger partial charge in [-0.2, -0.15) is 0 Å². The second-order valence-electron chi connectivity index (χ2n) is 6.92. The lowest BCUT2D eigenvalue weighted by Crippen LogP contribution is -2.51. The van der Waals surface area contributed by atoms with E-state index in [-0.39, 0.29) is 23.8 Å². The number of likely N-dealkylation sites (tertiary alicyclic amines) is 1. The first-order valence-corrected chi connectivity index (χ1v) is 8.83. The van der Waals surface area contributed by atoms with Crippen LogP contribution in [0.5, 0.6) is 0 Å². The Bertz CT molecular complexity index is 630. The maximum Gasteiger partial charge on any atom is 0.273 e. The summed E-state index contributed by atoms with van der Waals surface area (Å²) in [6.45, 7) is 8.34. The van der Waals surface area contributed by atoms with Crippen molar-refractivity contribution in [3.05, 3.63) is 30.2 Å². The molecule has 2 saturated heterocycles.